The van der Waals surface area contributed by atoms with Gasteiger partial charge >= 0.3 is 0 Å². The molecule has 1 atom stereocenters. The van der Waals surface area contributed by atoms with Gasteiger partial charge in [-0.2, -0.15) is 0 Å². The molecule has 1 aromatic heterocycles. The highest BCUT2D eigenvalue weighted by Gasteiger charge is 2.20. The molecule has 0 amide bonds. The minimum Gasteiger partial charge on any atom is -0.389 e. The first-order valence-electron chi connectivity index (χ1n) is 6.31. The molecule has 0 aliphatic rings. The van der Waals surface area contributed by atoms with E-state index in [0.29, 0.717) is 12.5 Å². The lowest BCUT2D eigenvalue weighted by atomic mass is 9.94. The summed E-state index contributed by atoms with van der Waals surface area (Å²) in [6, 6.07) is 0. The van der Waals surface area contributed by atoms with E-state index in [4.69, 9.17) is 0 Å². The highest BCUT2D eigenvalue weighted by atomic mass is 16.3. The van der Waals surface area contributed by atoms with Gasteiger partial charge in [0.05, 0.1) is 5.60 Å². The van der Waals surface area contributed by atoms with Crippen LogP contribution in [0.4, 0.5) is 0 Å². The van der Waals surface area contributed by atoms with Crippen LogP contribution in [0, 0.1) is 12.8 Å². The summed E-state index contributed by atoms with van der Waals surface area (Å²) >= 11 is 0. The molecule has 1 rings (SSSR count). The van der Waals surface area contributed by atoms with Crippen LogP contribution in [0.2, 0.25) is 0 Å². The van der Waals surface area contributed by atoms with Crippen LogP contribution in [0.5, 0.6) is 0 Å². The molecule has 1 aromatic rings. The highest BCUT2D eigenvalue weighted by Crippen LogP contribution is 2.14. The lowest BCUT2D eigenvalue weighted by molar-refractivity contribution is 0.0386. The second kappa shape index (κ2) is 6.17. The Labute approximate surface area is 104 Å². The van der Waals surface area contributed by atoms with Crippen molar-refractivity contribution in [3.63, 3.8) is 0 Å². The maximum absolute atomic E-state index is 10.1. The second-order valence-electron chi connectivity index (χ2n) is 5.44. The third-order valence-electron chi connectivity index (χ3n) is 2.81. The molecule has 0 aromatic carbocycles. The molecule has 0 saturated carbocycles. The van der Waals surface area contributed by atoms with Gasteiger partial charge in [0.15, 0.2) is 0 Å². The molecule has 1 unspecified atom stereocenters. The lowest BCUT2D eigenvalue weighted by Crippen LogP contribution is -2.40. The van der Waals surface area contributed by atoms with Crippen molar-refractivity contribution < 1.29 is 5.11 Å². The van der Waals surface area contributed by atoms with E-state index in [9.17, 15) is 5.11 Å². The number of nitrogens with one attached hydrogen (secondary N) is 1. The summed E-state index contributed by atoms with van der Waals surface area (Å²) in [6.07, 6.45) is 4.61. The highest BCUT2D eigenvalue weighted by molar-refractivity contribution is 4.88. The van der Waals surface area contributed by atoms with Gasteiger partial charge in [-0.3, -0.25) is 0 Å². The van der Waals surface area contributed by atoms with E-state index in [2.05, 4.69) is 28.7 Å². The normalized spacial score (nSPS) is 15.2. The van der Waals surface area contributed by atoms with E-state index in [1.165, 1.54) is 0 Å². The molecule has 4 nitrogen and oxygen atoms in total. The molecule has 98 valence electrons. The van der Waals surface area contributed by atoms with Gasteiger partial charge in [-0.15, -0.1) is 0 Å². The van der Waals surface area contributed by atoms with Crippen molar-refractivity contribution in [1.29, 1.82) is 0 Å². The van der Waals surface area contributed by atoms with Crippen molar-refractivity contribution in [3.8, 4) is 0 Å². The van der Waals surface area contributed by atoms with Gasteiger partial charge in [-0.1, -0.05) is 13.8 Å². The standard InChI is InChI=1S/C13H25N3O/c1-11(2)9-13(4,17)10-14-5-7-16-8-6-15-12(16)3/h6,8,11,14,17H,5,7,9-10H2,1-4H3. The van der Waals surface area contributed by atoms with Crippen molar-refractivity contribution in [1.82, 2.24) is 14.9 Å². The summed E-state index contributed by atoms with van der Waals surface area (Å²) in [7, 11) is 0. The van der Waals surface area contributed by atoms with Gasteiger partial charge < -0.3 is 15.0 Å². The minimum atomic E-state index is -0.613. The van der Waals surface area contributed by atoms with Gasteiger partial charge in [0, 0.05) is 32.0 Å². The summed E-state index contributed by atoms with van der Waals surface area (Å²) in [6.45, 7) is 10.5. The van der Waals surface area contributed by atoms with Crippen molar-refractivity contribution in [2.75, 3.05) is 13.1 Å². The van der Waals surface area contributed by atoms with E-state index in [1.54, 1.807) is 0 Å². The van der Waals surface area contributed by atoms with Gasteiger partial charge in [0.25, 0.3) is 0 Å². The quantitative estimate of drug-likeness (QED) is 0.710. The Balaban J connectivity index is 2.22. The average Bonchev–Trinajstić information content (AvgIpc) is 2.57. The summed E-state index contributed by atoms with van der Waals surface area (Å²) < 4.78 is 2.10. The number of imidazole rings is 1. The zero-order chi connectivity index (χ0) is 12.9. The molecule has 0 aliphatic carbocycles. The van der Waals surface area contributed by atoms with Crippen LogP contribution in [-0.2, 0) is 6.54 Å². The van der Waals surface area contributed by atoms with Crippen LogP contribution < -0.4 is 5.32 Å². The maximum atomic E-state index is 10.1. The van der Waals surface area contributed by atoms with E-state index < -0.39 is 5.60 Å². The van der Waals surface area contributed by atoms with E-state index >= 15 is 0 Å². The zero-order valence-electron chi connectivity index (χ0n) is 11.4. The zero-order valence-corrected chi connectivity index (χ0v) is 11.4. The first-order valence-corrected chi connectivity index (χ1v) is 6.31. The Bertz CT molecular complexity index is 331. The smallest absolute Gasteiger partial charge is 0.105 e. The molecule has 0 radical (unpaired) electrons. The number of aryl methyl sites for hydroxylation is 1. The summed E-state index contributed by atoms with van der Waals surface area (Å²) in [5.74, 6) is 1.54. The number of rotatable bonds is 7. The molecule has 2 N–H and O–H groups in total. The third-order valence-corrected chi connectivity index (χ3v) is 2.81. The van der Waals surface area contributed by atoms with Crippen molar-refractivity contribution in [2.45, 2.75) is 46.3 Å². The summed E-state index contributed by atoms with van der Waals surface area (Å²) in [4.78, 5) is 4.17. The summed E-state index contributed by atoms with van der Waals surface area (Å²) in [5.41, 5.74) is -0.613. The number of hydrogen-bond donors (Lipinski definition) is 2. The SMILES string of the molecule is Cc1nccn1CCNCC(C)(O)CC(C)C. The van der Waals surface area contributed by atoms with Crippen LogP contribution in [0.25, 0.3) is 0 Å². The predicted molar refractivity (Wildman–Crippen MR) is 69.9 cm³/mol. The summed E-state index contributed by atoms with van der Waals surface area (Å²) in [5, 5.41) is 13.4. The molecule has 0 aliphatic heterocycles. The van der Waals surface area contributed by atoms with Gasteiger partial charge in [-0.25, -0.2) is 4.98 Å². The Hall–Kier alpha value is -0.870. The molecular weight excluding hydrogens is 214 g/mol. The monoisotopic (exact) mass is 239 g/mol. The minimum absolute atomic E-state index is 0.516. The Kier molecular flexibility index (Phi) is 5.15. The fraction of sp³-hybridized carbons (Fsp3) is 0.769. The maximum Gasteiger partial charge on any atom is 0.105 e. The Morgan fingerprint density at radius 2 is 2.24 bits per heavy atom. The molecule has 0 bridgehead atoms. The molecule has 0 fully saturated rings. The molecule has 0 saturated heterocycles. The molecule has 4 heteroatoms. The number of hydrogen-bond acceptors (Lipinski definition) is 3. The van der Waals surface area contributed by atoms with E-state index in [-0.39, 0.29) is 0 Å². The first kappa shape index (κ1) is 14.2. The lowest BCUT2D eigenvalue weighted by Gasteiger charge is -2.25. The average molecular weight is 239 g/mol. The van der Waals surface area contributed by atoms with Crippen LogP contribution in [0.1, 0.15) is 33.0 Å². The van der Waals surface area contributed by atoms with E-state index in [1.807, 2.05) is 26.2 Å². The fourth-order valence-electron chi connectivity index (χ4n) is 2.15. The van der Waals surface area contributed by atoms with Crippen molar-refractivity contribution in [2.24, 2.45) is 5.92 Å². The third kappa shape index (κ3) is 5.33. The molecule has 1 heterocycles. The molecule has 17 heavy (non-hydrogen) atoms. The van der Waals surface area contributed by atoms with Gasteiger partial charge in [-0.05, 0) is 26.2 Å². The second-order valence-corrected chi connectivity index (χ2v) is 5.44. The number of aromatic nitrogens is 2. The van der Waals surface area contributed by atoms with Crippen molar-refractivity contribution in [3.05, 3.63) is 18.2 Å². The van der Waals surface area contributed by atoms with Gasteiger partial charge in [0.2, 0.25) is 0 Å². The van der Waals surface area contributed by atoms with Gasteiger partial charge in [0.1, 0.15) is 5.82 Å². The fourth-order valence-corrected chi connectivity index (χ4v) is 2.15. The topological polar surface area (TPSA) is 50.1 Å². The first-order chi connectivity index (χ1) is 7.91. The molecular formula is C13H25N3O. The Morgan fingerprint density at radius 3 is 2.76 bits per heavy atom. The number of nitrogens with zero attached hydrogens (tertiary/aromatic N) is 2. The van der Waals surface area contributed by atoms with Crippen LogP contribution in [-0.4, -0.2) is 33.3 Å². The van der Waals surface area contributed by atoms with Crippen molar-refractivity contribution >= 4 is 0 Å². The largest absolute Gasteiger partial charge is 0.389 e. The van der Waals surface area contributed by atoms with Crippen LogP contribution in [0.15, 0.2) is 12.4 Å². The number of aliphatic hydroxyl groups is 1. The van der Waals surface area contributed by atoms with E-state index in [0.717, 1.165) is 25.3 Å². The molecule has 0 spiro atoms. The van der Waals surface area contributed by atoms with Crippen LogP contribution in [0.3, 0.4) is 0 Å². The Morgan fingerprint density at radius 1 is 1.53 bits per heavy atom. The van der Waals surface area contributed by atoms with Crippen LogP contribution >= 0.6 is 0 Å². The predicted octanol–water partition coefficient (Wildman–Crippen LogP) is 1.58.